The van der Waals surface area contributed by atoms with Gasteiger partial charge in [0.2, 0.25) is 6.29 Å². The van der Waals surface area contributed by atoms with Gasteiger partial charge in [-0.2, -0.15) is 0 Å². The third kappa shape index (κ3) is 2.27. The van der Waals surface area contributed by atoms with Gasteiger partial charge in [-0.3, -0.25) is 9.59 Å². The van der Waals surface area contributed by atoms with Gasteiger partial charge >= 0.3 is 0 Å². The molecule has 83 valence electrons. The summed E-state index contributed by atoms with van der Waals surface area (Å²) < 4.78 is 0. The van der Waals surface area contributed by atoms with Crippen molar-refractivity contribution in [2.75, 3.05) is 0 Å². The van der Waals surface area contributed by atoms with Gasteiger partial charge in [-0.1, -0.05) is 48.0 Å². The molecule has 0 heterocycles. The van der Waals surface area contributed by atoms with Gasteiger partial charge in [0, 0.05) is 16.7 Å². The van der Waals surface area contributed by atoms with Crippen molar-refractivity contribution in [2.24, 2.45) is 0 Å². The average molecular weight is 244 g/mol. The lowest BCUT2D eigenvalue weighted by atomic mass is 10.0. The van der Waals surface area contributed by atoms with Gasteiger partial charge < -0.3 is 0 Å². The highest BCUT2D eigenvalue weighted by Gasteiger charge is 2.14. The minimum atomic E-state index is -0.201. The lowest BCUT2D eigenvalue weighted by molar-refractivity contribution is 0.103. The lowest BCUT2D eigenvalue weighted by Gasteiger charge is -2.04. The zero-order valence-electron chi connectivity index (χ0n) is 8.81. The molecule has 0 unspecified atom stereocenters. The largest absolute Gasteiger partial charge is 0.289 e. The smallest absolute Gasteiger partial charge is 0.235 e. The fraction of sp³-hybridized carbons (Fsp3) is 0. The molecule has 0 atom stereocenters. The van der Waals surface area contributed by atoms with Crippen LogP contribution in [-0.4, -0.2) is 12.1 Å². The molecular weight excluding hydrogens is 236 g/mol. The predicted octanol–water partition coefficient (Wildman–Crippen LogP) is 3.03. The van der Waals surface area contributed by atoms with E-state index in [4.69, 9.17) is 11.6 Å². The minimum Gasteiger partial charge on any atom is -0.289 e. The van der Waals surface area contributed by atoms with Crippen molar-refractivity contribution in [1.29, 1.82) is 0 Å². The van der Waals surface area contributed by atoms with Gasteiger partial charge in [0.1, 0.15) is 0 Å². The summed E-state index contributed by atoms with van der Waals surface area (Å²) in [4.78, 5) is 22.7. The summed E-state index contributed by atoms with van der Waals surface area (Å²) in [6.45, 7) is 0. The second kappa shape index (κ2) is 4.93. The Morgan fingerprint density at radius 1 is 1.00 bits per heavy atom. The topological polar surface area (TPSA) is 34.1 Å². The SMILES string of the molecule is O=[C]c1cccc(C(=O)c2ccccc2)c1Cl. The number of carbonyl (C=O) groups excluding carboxylic acids is 2. The fourth-order valence-corrected chi connectivity index (χ4v) is 1.78. The van der Waals surface area contributed by atoms with E-state index in [2.05, 4.69) is 0 Å². The Hall–Kier alpha value is -1.93. The summed E-state index contributed by atoms with van der Waals surface area (Å²) in [7, 11) is 0. The van der Waals surface area contributed by atoms with E-state index in [9.17, 15) is 9.59 Å². The highest BCUT2D eigenvalue weighted by molar-refractivity contribution is 6.37. The first-order valence-electron chi connectivity index (χ1n) is 5.00. The Labute approximate surface area is 104 Å². The number of halogens is 1. The highest BCUT2D eigenvalue weighted by Crippen LogP contribution is 2.22. The Morgan fingerprint density at radius 2 is 1.71 bits per heavy atom. The normalized spacial score (nSPS) is 9.94. The molecule has 2 aromatic rings. The van der Waals surface area contributed by atoms with Gasteiger partial charge in [-0.15, -0.1) is 0 Å². The maximum atomic E-state index is 12.1. The predicted molar refractivity (Wildman–Crippen MR) is 66.1 cm³/mol. The number of carbonyl (C=O) groups is 1. The van der Waals surface area contributed by atoms with Crippen molar-refractivity contribution in [3.8, 4) is 0 Å². The van der Waals surface area contributed by atoms with Crippen LogP contribution in [0.5, 0.6) is 0 Å². The van der Waals surface area contributed by atoms with Crippen LogP contribution in [0, 0.1) is 0 Å². The van der Waals surface area contributed by atoms with Crippen molar-refractivity contribution in [1.82, 2.24) is 0 Å². The molecule has 2 aromatic carbocycles. The summed E-state index contributed by atoms with van der Waals surface area (Å²) >= 11 is 5.97. The fourth-order valence-electron chi connectivity index (χ4n) is 1.53. The average Bonchev–Trinajstić information content (AvgIpc) is 2.39. The van der Waals surface area contributed by atoms with E-state index in [1.54, 1.807) is 42.7 Å². The summed E-state index contributed by atoms with van der Waals surface area (Å²) in [5.74, 6) is -0.201. The van der Waals surface area contributed by atoms with E-state index in [-0.39, 0.29) is 16.4 Å². The molecule has 0 saturated heterocycles. The molecular formula is C14H8ClO2. The molecule has 0 aliphatic carbocycles. The molecule has 3 heteroatoms. The quantitative estimate of drug-likeness (QED) is 0.777. The molecule has 0 aliphatic heterocycles. The molecule has 0 fully saturated rings. The van der Waals surface area contributed by atoms with Crippen LogP contribution in [0.15, 0.2) is 48.5 Å². The van der Waals surface area contributed by atoms with Crippen molar-refractivity contribution in [2.45, 2.75) is 0 Å². The van der Waals surface area contributed by atoms with E-state index in [1.807, 2.05) is 6.07 Å². The molecule has 0 spiro atoms. The Morgan fingerprint density at radius 3 is 2.35 bits per heavy atom. The van der Waals surface area contributed by atoms with E-state index in [0.717, 1.165) is 0 Å². The number of hydrogen-bond acceptors (Lipinski definition) is 2. The molecule has 0 N–H and O–H groups in total. The third-order valence-corrected chi connectivity index (χ3v) is 2.80. The van der Waals surface area contributed by atoms with Crippen LogP contribution >= 0.6 is 11.6 Å². The molecule has 0 saturated carbocycles. The molecule has 0 bridgehead atoms. The van der Waals surface area contributed by atoms with Crippen molar-refractivity contribution in [3.63, 3.8) is 0 Å². The second-order valence-corrected chi connectivity index (χ2v) is 3.84. The van der Waals surface area contributed by atoms with Crippen LogP contribution in [0.2, 0.25) is 5.02 Å². The Bertz CT molecular complexity index is 562. The Balaban J connectivity index is 2.48. The number of benzene rings is 2. The zero-order chi connectivity index (χ0) is 12.3. The maximum absolute atomic E-state index is 12.1. The van der Waals surface area contributed by atoms with Crippen LogP contribution in [0.4, 0.5) is 0 Å². The van der Waals surface area contributed by atoms with E-state index in [0.29, 0.717) is 11.1 Å². The van der Waals surface area contributed by atoms with E-state index in [1.165, 1.54) is 6.07 Å². The minimum absolute atomic E-state index is 0.149. The first kappa shape index (κ1) is 11.6. The van der Waals surface area contributed by atoms with Gasteiger partial charge in [0.25, 0.3) is 0 Å². The molecule has 2 nitrogen and oxygen atoms in total. The standard InChI is InChI=1S/C14H8ClO2/c15-13-11(9-16)7-4-8-12(13)14(17)10-5-2-1-3-6-10/h1-8H. The molecule has 0 aliphatic rings. The van der Waals surface area contributed by atoms with Gasteiger partial charge in [-0.05, 0) is 12.1 Å². The summed E-state index contributed by atoms with van der Waals surface area (Å²) in [5, 5.41) is 0.149. The van der Waals surface area contributed by atoms with E-state index < -0.39 is 0 Å². The highest BCUT2D eigenvalue weighted by atomic mass is 35.5. The molecule has 17 heavy (non-hydrogen) atoms. The van der Waals surface area contributed by atoms with Crippen molar-refractivity contribution in [3.05, 3.63) is 70.2 Å². The first-order chi connectivity index (χ1) is 8.24. The Kier molecular flexibility index (Phi) is 3.35. The number of rotatable bonds is 3. The monoisotopic (exact) mass is 243 g/mol. The van der Waals surface area contributed by atoms with Crippen LogP contribution in [-0.2, 0) is 4.79 Å². The summed E-state index contributed by atoms with van der Waals surface area (Å²) in [6.07, 6.45) is 1.71. The second-order valence-electron chi connectivity index (χ2n) is 3.46. The van der Waals surface area contributed by atoms with Crippen LogP contribution in [0.3, 0.4) is 0 Å². The van der Waals surface area contributed by atoms with Crippen molar-refractivity contribution >= 4 is 23.7 Å². The molecule has 1 radical (unpaired) electrons. The van der Waals surface area contributed by atoms with Crippen LogP contribution in [0.1, 0.15) is 21.5 Å². The molecule has 0 amide bonds. The van der Waals surface area contributed by atoms with Crippen LogP contribution < -0.4 is 0 Å². The van der Waals surface area contributed by atoms with Crippen LogP contribution in [0.25, 0.3) is 0 Å². The summed E-state index contributed by atoms with van der Waals surface area (Å²) in [5.41, 5.74) is 1.06. The number of ketones is 1. The molecule has 2 rings (SSSR count). The van der Waals surface area contributed by atoms with E-state index >= 15 is 0 Å². The zero-order valence-corrected chi connectivity index (χ0v) is 9.57. The third-order valence-electron chi connectivity index (χ3n) is 2.39. The molecule has 0 aromatic heterocycles. The number of hydrogen-bond donors (Lipinski definition) is 0. The summed E-state index contributed by atoms with van der Waals surface area (Å²) in [6, 6.07) is 13.5. The van der Waals surface area contributed by atoms with Gasteiger partial charge in [-0.25, -0.2) is 0 Å². The van der Waals surface area contributed by atoms with Gasteiger partial charge in [0.05, 0.1) is 5.02 Å². The van der Waals surface area contributed by atoms with Crippen molar-refractivity contribution < 1.29 is 9.59 Å². The lowest BCUT2D eigenvalue weighted by Crippen LogP contribution is -2.03. The maximum Gasteiger partial charge on any atom is 0.235 e. The first-order valence-corrected chi connectivity index (χ1v) is 5.38. The van der Waals surface area contributed by atoms with Gasteiger partial charge in [0.15, 0.2) is 5.78 Å².